The lowest BCUT2D eigenvalue weighted by molar-refractivity contribution is -0.144. The molecule has 2 rings (SSSR count). The molecule has 0 bridgehead atoms. The van der Waals surface area contributed by atoms with Crippen LogP contribution in [0.15, 0.2) is 41.8 Å². The molecule has 1 heterocycles. The SMILES string of the molecule is CCOC(=O)CCN(Cc1ccc(C)cc1)C(=O)Cc1cccs1. The summed E-state index contributed by atoms with van der Waals surface area (Å²) in [7, 11) is 0. The molecule has 0 saturated carbocycles. The zero-order chi connectivity index (χ0) is 17.4. The van der Waals surface area contributed by atoms with Gasteiger partial charge in [-0.15, -0.1) is 11.3 Å². The Morgan fingerprint density at radius 1 is 1.17 bits per heavy atom. The van der Waals surface area contributed by atoms with Crippen molar-refractivity contribution in [3.63, 3.8) is 0 Å². The minimum absolute atomic E-state index is 0.0299. The normalized spacial score (nSPS) is 10.4. The van der Waals surface area contributed by atoms with Crippen LogP contribution in [0.5, 0.6) is 0 Å². The lowest BCUT2D eigenvalue weighted by atomic mass is 10.1. The fourth-order valence-corrected chi connectivity index (χ4v) is 3.04. The van der Waals surface area contributed by atoms with Crippen molar-refractivity contribution in [2.24, 2.45) is 0 Å². The van der Waals surface area contributed by atoms with Crippen molar-refractivity contribution in [2.45, 2.75) is 33.2 Å². The van der Waals surface area contributed by atoms with E-state index in [2.05, 4.69) is 0 Å². The van der Waals surface area contributed by atoms with Gasteiger partial charge in [0, 0.05) is 18.0 Å². The summed E-state index contributed by atoms with van der Waals surface area (Å²) in [6, 6.07) is 12.0. The zero-order valence-electron chi connectivity index (χ0n) is 14.2. The number of thiophene rings is 1. The third-order valence-corrected chi connectivity index (χ3v) is 4.52. The fourth-order valence-electron chi connectivity index (χ4n) is 2.34. The molecule has 24 heavy (non-hydrogen) atoms. The zero-order valence-corrected chi connectivity index (χ0v) is 15.0. The predicted octanol–water partition coefficient (Wildman–Crippen LogP) is 3.58. The molecule has 0 saturated heterocycles. The maximum Gasteiger partial charge on any atom is 0.307 e. The molecule has 0 fully saturated rings. The lowest BCUT2D eigenvalue weighted by Crippen LogP contribution is -2.33. The minimum atomic E-state index is -0.268. The number of amides is 1. The van der Waals surface area contributed by atoms with E-state index in [0.29, 0.717) is 26.1 Å². The van der Waals surface area contributed by atoms with E-state index < -0.39 is 0 Å². The summed E-state index contributed by atoms with van der Waals surface area (Å²) in [5.74, 6) is -0.238. The number of esters is 1. The molecule has 5 heteroatoms. The van der Waals surface area contributed by atoms with Crippen molar-refractivity contribution in [3.05, 3.63) is 57.8 Å². The first-order valence-electron chi connectivity index (χ1n) is 8.09. The fraction of sp³-hybridized carbons (Fsp3) is 0.368. The highest BCUT2D eigenvalue weighted by molar-refractivity contribution is 7.10. The van der Waals surface area contributed by atoms with Gasteiger partial charge in [-0.25, -0.2) is 0 Å². The number of nitrogens with zero attached hydrogens (tertiary/aromatic N) is 1. The average molecular weight is 345 g/mol. The average Bonchev–Trinajstić information content (AvgIpc) is 3.06. The van der Waals surface area contributed by atoms with Crippen molar-refractivity contribution in [3.8, 4) is 0 Å². The Bertz CT molecular complexity index is 650. The minimum Gasteiger partial charge on any atom is -0.466 e. The molecule has 0 spiro atoms. The van der Waals surface area contributed by atoms with Crippen molar-refractivity contribution in [1.82, 2.24) is 4.90 Å². The largest absolute Gasteiger partial charge is 0.466 e. The van der Waals surface area contributed by atoms with Crippen molar-refractivity contribution >= 4 is 23.2 Å². The van der Waals surface area contributed by atoms with Crippen LogP contribution >= 0.6 is 11.3 Å². The van der Waals surface area contributed by atoms with Gasteiger partial charge in [-0.2, -0.15) is 0 Å². The second kappa shape index (κ2) is 9.23. The van der Waals surface area contributed by atoms with Crippen LogP contribution in [0, 0.1) is 6.92 Å². The van der Waals surface area contributed by atoms with Gasteiger partial charge in [-0.05, 0) is 30.9 Å². The molecule has 128 valence electrons. The molecule has 0 aliphatic carbocycles. The Kier molecular flexibility index (Phi) is 7.00. The first kappa shape index (κ1) is 18.2. The highest BCUT2D eigenvalue weighted by atomic mass is 32.1. The van der Waals surface area contributed by atoms with Crippen LogP contribution in [-0.4, -0.2) is 29.9 Å². The summed E-state index contributed by atoms with van der Waals surface area (Å²) in [6.07, 6.45) is 0.586. The van der Waals surface area contributed by atoms with E-state index in [1.54, 1.807) is 23.2 Å². The second-order valence-corrected chi connectivity index (χ2v) is 6.64. The molecule has 0 N–H and O–H groups in total. The summed E-state index contributed by atoms with van der Waals surface area (Å²) < 4.78 is 4.97. The maximum atomic E-state index is 12.6. The molecule has 2 aromatic rings. The van der Waals surface area contributed by atoms with Gasteiger partial charge >= 0.3 is 5.97 Å². The number of carbonyl (C=O) groups excluding carboxylic acids is 2. The van der Waals surface area contributed by atoms with Crippen LogP contribution in [0.3, 0.4) is 0 Å². The molecule has 0 aliphatic heterocycles. The Morgan fingerprint density at radius 3 is 2.54 bits per heavy atom. The topological polar surface area (TPSA) is 46.6 Å². The third-order valence-electron chi connectivity index (χ3n) is 3.64. The van der Waals surface area contributed by atoms with E-state index in [1.165, 1.54) is 5.56 Å². The van der Waals surface area contributed by atoms with Crippen molar-refractivity contribution < 1.29 is 14.3 Å². The second-order valence-electron chi connectivity index (χ2n) is 5.61. The van der Waals surface area contributed by atoms with E-state index in [-0.39, 0.29) is 18.3 Å². The van der Waals surface area contributed by atoms with E-state index in [4.69, 9.17) is 4.74 Å². The summed E-state index contributed by atoms with van der Waals surface area (Å²) >= 11 is 1.57. The van der Waals surface area contributed by atoms with Crippen LogP contribution in [-0.2, 0) is 27.3 Å². The summed E-state index contributed by atoms with van der Waals surface area (Å²) in [6.45, 7) is 5.05. The number of rotatable bonds is 8. The smallest absolute Gasteiger partial charge is 0.307 e. The molecule has 0 unspecified atom stereocenters. The molecular weight excluding hydrogens is 322 g/mol. The Hall–Kier alpha value is -2.14. The molecule has 1 aromatic heterocycles. The number of aryl methyl sites for hydroxylation is 1. The molecule has 0 aliphatic rings. The van der Waals surface area contributed by atoms with E-state index in [1.807, 2.05) is 48.7 Å². The van der Waals surface area contributed by atoms with Crippen LogP contribution in [0.4, 0.5) is 0 Å². The number of hydrogen-bond donors (Lipinski definition) is 0. The summed E-state index contributed by atoms with van der Waals surface area (Å²) in [5, 5.41) is 1.96. The highest BCUT2D eigenvalue weighted by Gasteiger charge is 2.17. The van der Waals surface area contributed by atoms with E-state index in [0.717, 1.165) is 10.4 Å². The molecule has 1 amide bonds. The van der Waals surface area contributed by atoms with Gasteiger partial charge in [0.2, 0.25) is 5.91 Å². The third kappa shape index (κ3) is 5.81. The van der Waals surface area contributed by atoms with Gasteiger partial charge in [0.05, 0.1) is 19.4 Å². The number of hydrogen-bond acceptors (Lipinski definition) is 4. The van der Waals surface area contributed by atoms with Gasteiger partial charge in [0.1, 0.15) is 0 Å². The number of ether oxygens (including phenoxy) is 1. The molecule has 4 nitrogen and oxygen atoms in total. The standard InChI is InChI=1S/C19H23NO3S/c1-3-23-19(22)10-11-20(14-16-8-6-15(2)7-9-16)18(21)13-17-5-4-12-24-17/h4-9,12H,3,10-11,13-14H2,1-2H3. The van der Waals surface area contributed by atoms with Gasteiger partial charge in [0.15, 0.2) is 0 Å². The van der Waals surface area contributed by atoms with Crippen molar-refractivity contribution in [2.75, 3.05) is 13.2 Å². The predicted molar refractivity (Wildman–Crippen MR) is 95.9 cm³/mol. The number of benzene rings is 1. The summed E-state index contributed by atoms with van der Waals surface area (Å²) in [5.41, 5.74) is 2.24. The van der Waals surface area contributed by atoms with Crippen LogP contribution in [0.2, 0.25) is 0 Å². The summed E-state index contributed by atoms with van der Waals surface area (Å²) in [4.78, 5) is 27.0. The van der Waals surface area contributed by atoms with Gasteiger partial charge in [-0.1, -0.05) is 35.9 Å². The van der Waals surface area contributed by atoms with E-state index in [9.17, 15) is 9.59 Å². The molecular formula is C19H23NO3S. The van der Waals surface area contributed by atoms with Crippen LogP contribution in [0.25, 0.3) is 0 Å². The molecule has 1 aromatic carbocycles. The van der Waals surface area contributed by atoms with Gasteiger partial charge in [0.25, 0.3) is 0 Å². The quantitative estimate of drug-likeness (QED) is 0.687. The monoisotopic (exact) mass is 345 g/mol. The Morgan fingerprint density at radius 2 is 1.92 bits per heavy atom. The van der Waals surface area contributed by atoms with Crippen molar-refractivity contribution in [1.29, 1.82) is 0 Å². The van der Waals surface area contributed by atoms with Gasteiger partial charge < -0.3 is 9.64 Å². The Labute approximate surface area is 147 Å². The maximum absolute atomic E-state index is 12.6. The highest BCUT2D eigenvalue weighted by Crippen LogP contribution is 2.13. The van der Waals surface area contributed by atoms with Gasteiger partial charge in [-0.3, -0.25) is 9.59 Å². The lowest BCUT2D eigenvalue weighted by Gasteiger charge is -2.22. The van der Waals surface area contributed by atoms with E-state index >= 15 is 0 Å². The van der Waals surface area contributed by atoms with Crippen LogP contribution in [0.1, 0.15) is 29.3 Å². The molecule has 0 atom stereocenters. The first-order chi connectivity index (χ1) is 11.6. The Balaban J connectivity index is 2.03. The first-order valence-corrected chi connectivity index (χ1v) is 8.97. The number of carbonyl (C=O) groups is 2. The molecule has 0 radical (unpaired) electrons. The van der Waals surface area contributed by atoms with Crippen LogP contribution < -0.4 is 0 Å².